The highest BCUT2D eigenvalue weighted by atomic mass is 16.6. The van der Waals surface area contributed by atoms with Crippen LogP contribution in [0.2, 0.25) is 0 Å². The lowest BCUT2D eigenvalue weighted by Crippen LogP contribution is -2.58. The Kier molecular flexibility index (Phi) is 3.97. The van der Waals surface area contributed by atoms with Gasteiger partial charge in [-0.25, -0.2) is 0 Å². The number of esters is 1. The molecule has 0 N–H and O–H groups in total. The Bertz CT molecular complexity index is 578. The molecule has 0 saturated heterocycles. The van der Waals surface area contributed by atoms with E-state index >= 15 is 0 Å². The summed E-state index contributed by atoms with van der Waals surface area (Å²) < 4.78 is 6.28. The van der Waals surface area contributed by atoms with Crippen molar-refractivity contribution < 1.29 is 9.53 Å². The second-order valence-corrected chi connectivity index (χ2v) is 8.90. The van der Waals surface area contributed by atoms with E-state index in [1.807, 2.05) is 25.1 Å². The molecular formula is C22H30O2. The van der Waals surface area contributed by atoms with Gasteiger partial charge < -0.3 is 4.74 Å². The van der Waals surface area contributed by atoms with Gasteiger partial charge in [0.2, 0.25) is 0 Å². The third kappa shape index (κ3) is 2.59. The summed E-state index contributed by atoms with van der Waals surface area (Å²) in [5, 5.41) is 0. The molecule has 1 aromatic carbocycles. The molecule has 2 heteroatoms. The van der Waals surface area contributed by atoms with Crippen LogP contribution < -0.4 is 0 Å². The molecule has 2 atom stereocenters. The average molecular weight is 326 g/mol. The van der Waals surface area contributed by atoms with Crippen LogP contribution in [-0.4, -0.2) is 11.6 Å². The minimum Gasteiger partial charge on any atom is -0.459 e. The zero-order chi connectivity index (χ0) is 16.9. The number of carbonyl (C=O) groups is 1. The molecule has 0 aromatic heterocycles. The van der Waals surface area contributed by atoms with E-state index < -0.39 is 0 Å². The molecule has 5 rings (SSSR count). The van der Waals surface area contributed by atoms with Crippen molar-refractivity contribution in [3.63, 3.8) is 0 Å². The highest BCUT2D eigenvalue weighted by molar-refractivity contribution is 5.74. The zero-order valence-corrected chi connectivity index (χ0v) is 15.2. The average Bonchev–Trinajstić information content (AvgIpc) is 2.58. The maximum Gasteiger partial charge on any atom is 0.309 e. The molecule has 4 aliphatic carbocycles. The molecule has 1 aromatic rings. The number of rotatable bonds is 4. The van der Waals surface area contributed by atoms with E-state index in [0.717, 1.165) is 11.8 Å². The first-order valence-corrected chi connectivity index (χ1v) is 9.75. The summed E-state index contributed by atoms with van der Waals surface area (Å²) in [4.78, 5) is 12.9. The Balaban J connectivity index is 1.47. The van der Waals surface area contributed by atoms with Crippen molar-refractivity contribution in [2.75, 3.05) is 0 Å². The van der Waals surface area contributed by atoms with Crippen LogP contribution in [-0.2, 0) is 9.53 Å². The number of hydrogen-bond donors (Lipinski definition) is 0. The second kappa shape index (κ2) is 5.89. The predicted octanol–water partition coefficient (Wildman–Crippen LogP) is 5.18. The van der Waals surface area contributed by atoms with Gasteiger partial charge in [-0.2, -0.15) is 0 Å². The maximum atomic E-state index is 12.9. The van der Waals surface area contributed by atoms with E-state index in [0.29, 0.717) is 11.8 Å². The van der Waals surface area contributed by atoms with E-state index in [9.17, 15) is 4.79 Å². The fourth-order valence-corrected chi connectivity index (χ4v) is 5.85. The van der Waals surface area contributed by atoms with Crippen molar-refractivity contribution in [2.24, 2.45) is 29.6 Å². The summed E-state index contributed by atoms with van der Waals surface area (Å²) >= 11 is 0. The van der Waals surface area contributed by atoms with Gasteiger partial charge in [-0.15, -0.1) is 0 Å². The van der Waals surface area contributed by atoms with Gasteiger partial charge in [0.15, 0.2) is 0 Å². The van der Waals surface area contributed by atoms with Gasteiger partial charge in [-0.1, -0.05) is 44.2 Å². The van der Waals surface area contributed by atoms with Gasteiger partial charge in [0.1, 0.15) is 5.60 Å². The maximum absolute atomic E-state index is 12.9. The minimum absolute atomic E-state index is 0.00123. The van der Waals surface area contributed by atoms with E-state index in [4.69, 9.17) is 4.74 Å². The molecule has 0 spiro atoms. The Morgan fingerprint density at radius 2 is 1.54 bits per heavy atom. The van der Waals surface area contributed by atoms with Gasteiger partial charge in [-0.3, -0.25) is 4.79 Å². The van der Waals surface area contributed by atoms with E-state index in [2.05, 4.69) is 26.0 Å². The van der Waals surface area contributed by atoms with Crippen molar-refractivity contribution >= 4 is 5.97 Å². The molecule has 4 fully saturated rings. The summed E-state index contributed by atoms with van der Waals surface area (Å²) in [6, 6.07) is 10.3. The van der Waals surface area contributed by atoms with E-state index in [1.54, 1.807) is 0 Å². The summed E-state index contributed by atoms with van der Waals surface area (Å²) in [6.07, 6.45) is 6.54. The lowest BCUT2D eigenvalue weighted by molar-refractivity contribution is -0.207. The molecule has 0 amide bonds. The van der Waals surface area contributed by atoms with Crippen LogP contribution in [0.4, 0.5) is 0 Å². The van der Waals surface area contributed by atoms with Crippen LogP contribution in [0.1, 0.15) is 64.4 Å². The van der Waals surface area contributed by atoms with Crippen molar-refractivity contribution in [3.8, 4) is 0 Å². The fourth-order valence-electron chi connectivity index (χ4n) is 5.85. The lowest BCUT2D eigenvalue weighted by Gasteiger charge is -2.59. The highest BCUT2D eigenvalue weighted by Gasteiger charge is 2.57. The third-order valence-electron chi connectivity index (χ3n) is 7.53. The van der Waals surface area contributed by atoms with Crippen molar-refractivity contribution in [2.45, 2.75) is 64.4 Å². The molecule has 130 valence electrons. The number of ether oxygens (including phenoxy) is 1. The summed E-state index contributed by atoms with van der Waals surface area (Å²) in [5.41, 5.74) is 1.01. The highest BCUT2D eigenvalue weighted by Crippen LogP contribution is 2.59. The molecule has 24 heavy (non-hydrogen) atoms. The van der Waals surface area contributed by atoms with Gasteiger partial charge >= 0.3 is 5.97 Å². The fraction of sp³-hybridized carbons (Fsp3) is 0.682. The van der Waals surface area contributed by atoms with Crippen molar-refractivity contribution in [1.82, 2.24) is 0 Å². The molecule has 0 heterocycles. The largest absolute Gasteiger partial charge is 0.459 e. The Morgan fingerprint density at radius 3 is 2.08 bits per heavy atom. The van der Waals surface area contributed by atoms with Gasteiger partial charge in [0.25, 0.3) is 0 Å². The van der Waals surface area contributed by atoms with Crippen molar-refractivity contribution in [1.29, 1.82) is 0 Å². The smallest absolute Gasteiger partial charge is 0.309 e. The van der Waals surface area contributed by atoms with Crippen LogP contribution in [0.3, 0.4) is 0 Å². The van der Waals surface area contributed by atoms with Crippen LogP contribution in [0.25, 0.3) is 0 Å². The van der Waals surface area contributed by atoms with Crippen LogP contribution in [0.5, 0.6) is 0 Å². The lowest BCUT2D eigenvalue weighted by atomic mass is 9.50. The van der Waals surface area contributed by atoms with Crippen LogP contribution in [0, 0.1) is 29.6 Å². The third-order valence-corrected chi connectivity index (χ3v) is 7.53. The minimum atomic E-state index is -0.213. The topological polar surface area (TPSA) is 26.3 Å². The van der Waals surface area contributed by atoms with Gasteiger partial charge in [-0.05, 0) is 74.2 Å². The molecule has 2 unspecified atom stereocenters. The van der Waals surface area contributed by atoms with Gasteiger partial charge in [0, 0.05) is 0 Å². The molecule has 4 bridgehead atoms. The normalized spacial score (nSPS) is 39.5. The summed E-state index contributed by atoms with van der Waals surface area (Å²) in [7, 11) is 0. The summed E-state index contributed by atoms with van der Waals surface area (Å²) in [5.74, 6) is 3.09. The van der Waals surface area contributed by atoms with Crippen molar-refractivity contribution in [3.05, 3.63) is 35.9 Å². The Hall–Kier alpha value is -1.31. The first kappa shape index (κ1) is 16.2. The van der Waals surface area contributed by atoms with Crippen LogP contribution in [0.15, 0.2) is 30.3 Å². The van der Waals surface area contributed by atoms with Gasteiger partial charge in [0.05, 0.1) is 5.92 Å². The SMILES string of the molecule is CC(C(=O)OC1(C)C2CC3CC(C2)CC1C3)C(C)c1ccccc1. The first-order chi connectivity index (χ1) is 11.5. The number of benzene rings is 1. The molecule has 4 aliphatic rings. The molecule has 4 saturated carbocycles. The number of hydrogen-bond acceptors (Lipinski definition) is 2. The Labute approximate surface area is 146 Å². The Morgan fingerprint density at radius 1 is 1.00 bits per heavy atom. The second-order valence-electron chi connectivity index (χ2n) is 8.90. The predicted molar refractivity (Wildman–Crippen MR) is 95.6 cm³/mol. The number of carbonyl (C=O) groups excluding carboxylic acids is 1. The van der Waals surface area contributed by atoms with E-state index in [1.165, 1.54) is 37.7 Å². The standard InChI is InChI=1S/C22H30O2/c1-14(18-7-5-4-6-8-18)15(2)21(23)24-22(3)19-10-16-9-17(12-19)13-20(22)11-16/h4-8,14-17,19-20H,9-13H2,1-3H3. The monoisotopic (exact) mass is 326 g/mol. The quantitative estimate of drug-likeness (QED) is 0.712. The molecular weight excluding hydrogens is 296 g/mol. The molecule has 2 nitrogen and oxygen atoms in total. The van der Waals surface area contributed by atoms with Crippen LogP contribution >= 0.6 is 0 Å². The zero-order valence-electron chi connectivity index (χ0n) is 15.2. The first-order valence-electron chi connectivity index (χ1n) is 9.75. The summed E-state index contributed by atoms with van der Waals surface area (Å²) in [6.45, 7) is 6.40. The van der Waals surface area contributed by atoms with E-state index in [-0.39, 0.29) is 23.4 Å². The molecule has 0 radical (unpaired) electrons. The molecule has 0 aliphatic heterocycles.